The van der Waals surface area contributed by atoms with E-state index in [1.54, 1.807) is 17.4 Å². The van der Waals surface area contributed by atoms with Crippen LogP contribution in [0.5, 0.6) is 11.5 Å². The lowest BCUT2D eigenvalue weighted by Gasteiger charge is -2.07. The van der Waals surface area contributed by atoms with Gasteiger partial charge in [-0.05, 0) is 35.6 Å². The van der Waals surface area contributed by atoms with E-state index in [0.29, 0.717) is 18.1 Å². The Balaban J connectivity index is 1.76. The number of aromatic nitrogens is 2. The molecular weight excluding hydrogens is 290 g/mol. The van der Waals surface area contributed by atoms with E-state index in [0.717, 1.165) is 11.1 Å². The quantitative estimate of drug-likeness (QED) is 0.639. The van der Waals surface area contributed by atoms with Gasteiger partial charge in [0, 0.05) is 10.9 Å². The highest BCUT2D eigenvalue weighted by Gasteiger charge is 2.17. The highest BCUT2D eigenvalue weighted by atomic mass is 32.1. The lowest BCUT2D eigenvalue weighted by molar-refractivity contribution is 0.354. The summed E-state index contributed by atoms with van der Waals surface area (Å²) in [5.41, 5.74) is 7.71. The summed E-state index contributed by atoms with van der Waals surface area (Å²) >= 11 is 1.55. The van der Waals surface area contributed by atoms with Crippen LogP contribution < -0.4 is 5.73 Å². The molecule has 7 heteroatoms. The molecule has 3 aromatic rings. The fraction of sp³-hybridized carbons (Fsp3) is 0.143. The molecule has 0 saturated carbocycles. The van der Waals surface area contributed by atoms with Crippen molar-refractivity contribution in [2.75, 3.05) is 0 Å². The molecule has 0 fully saturated rings. The zero-order valence-electron chi connectivity index (χ0n) is 10.9. The van der Waals surface area contributed by atoms with Crippen molar-refractivity contribution in [2.45, 2.75) is 12.5 Å². The van der Waals surface area contributed by atoms with Gasteiger partial charge >= 0.3 is 0 Å². The molecule has 0 aliphatic heterocycles. The molecule has 4 N–H and O–H groups in total. The number of rotatable bonds is 4. The topological polar surface area (TPSA) is 105 Å². The molecule has 0 spiro atoms. The first-order valence-corrected chi connectivity index (χ1v) is 7.20. The van der Waals surface area contributed by atoms with Crippen LogP contribution in [-0.2, 0) is 6.42 Å². The van der Waals surface area contributed by atoms with Crippen LogP contribution in [0.25, 0.3) is 11.4 Å². The predicted octanol–water partition coefficient (Wildman–Crippen LogP) is 2.45. The molecular formula is C14H13N3O3S. The van der Waals surface area contributed by atoms with Gasteiger partial charge in [-0.15, -0.1) is 0 Å². The highest BCUT2D eigenvalue weighted by Crippen LogP contribution is 2.27. The van der Waals surface area contributed by atoms with E-state index in [-0.39, 0.29) is 11.5 Å². The molecule has 0 saturated heterocycles. The van der Waals surface area contributed by atoms with Gasteiger partial charge in [-0.3, -0.25) is 0 Å². The van der Waals surface area contributed by atoms with Gasteiger partial charge in [-0.2, -0.15) is 16.3 Å². The zero-order chi connectivity index (χ0) is 14.8. The third kappa shape index (κ3) is 2.88. The number of hydrogen-bond acceptors (Lipinski definition) is 7. The Kier molecular flexibility index (Phi) is 3.59. The number of thiophene rings is 1. The van der Waals surface area contributed by atoms with Crippen LogP contribution in [0.15, 0.2) is 39.5 Å². The molecule has 1 unspecified atom stereocenters. The fourth-order valence-electron chi connectivity index (χ4n) is 1.93. The van der Waals surface area contributed by atoms with Crippen LogP contribution in [0.4, 0.5) is 0 Å². The molecule has 0 bridgehead atoms. The minimum Gasteiger partial charge on any atom is -0.504 e. The SMILES string of the molecule is NC(Cc1ccc(O)c(O)c1)c1nc(-c2ccsc2)no1. The first-order chi connectivity index (χ1) is 10.1. The number of benzene rings is 1. The van der Waals surface area contributed by atoms with E-state index in [4.69, 9.17) is 10.3 Å². The second-order valence-electron chi connectivity index (χ2n) is 4.60. The first-order valence-electron chi connectivity index (χ1n) is 6.26. The van der Waals surface area contributed by atoms with Gasteiger partial charge in [0.2, 0.25) is 11.7 Å². The van der Waals surface area contributed by atoms with Crippen LogP contribution >= 0.6 is 11.3 Å². The largest absolute Gasteiger partial charge is 0.504 e. The number of hydrogen-bond donors (Lipinski definition) is 3. The molecule has 1 aromatic carbocycles. The molecule has 0 amide bonds. The monoisotopic (exact) mass is 303 g/mol. The van der Waals surface area contributed by atoms with Crippen LogP contribution in [0, 0.1) is 0 Å². The number of phenolic OH excluding ortho intramolecular Hbond substituents is 2. The Labute approximate surface area is 124 Å². The second kappa shape index (κ2) is 5.55. The van der Waals surface area contributed by atoms with E-state index in [1.807, 2.05) is 16.8 Å². The van der Waals surface area contributed by atoms with Crippen molar-refractivity contribution in [1.82, 2.24) is 10.1 Å². The van der Waals surface area contributed by atoms with Gasteiger partial charge in [-0.1, -0.05) is 11.2 Å². The minimum atomic E-state index is -0.478. The Morgan fingerprint density at radius 1 is 1.24 bits per heavy atom. The average Bonchev–Trinajstić information content (AvgIpc) is 3.12. The first kappa shape index (κ1) is 13.6. The van der Waals surface area contributed by atoms with Gasteiger partial charge in [0.05, 0.1) is 6.04 Å². The molecule has 1 atom stereocenters. The Bertz CT molecular complexity index is 740. The van der Waals surface area contributed by atoms with Crippen molar-refractivity contribution in [3.05, 3.63) is 46.5 Å². The van der Waals surface area contributed by atoms with E-state index in [1.165, 1.54) is 12.1 Å². The molecule has 108 valence electrons. The Morgan fingerprint density at radius 2 is 2.10 bits per heavy atom. The standard InChI is InChI=1S/C14H13N3O3S/c15-10(5-8-1-2-11(18)12(19)6-8)14-16-13(17-20-14)9-3-4-21-7-9/h1-4,6-7,10,18-19H,5,15H2. The zero-order valence-corrected chi connectivity index (χ0v) is 11.7. The summed E-state index contributed by atoms with van der Waals surface area (Å²) in [6, 6.07) is 6.00. The van der Waals surface area contributed by atoms with Gasteiger partial charge in [0.15, 0.2) is 11.5 Å². The molecule has 0 radical (unpaired) electrons. The van der Waals surface area contributed by atoms with E-state index in [9.17, 15) is 10.2 Å². The van der Waals surface area contributed by atoms with Crippen LogP contribution in [-0.4, -0.2) is 20.4 Å². The van der Waals surface area contributed by atoms with Gasteiger partial charge in [0.1, 0.15) is 0 Å². The molecule has 0 aliphatic carbocycles. The normalized spacial score (nSPS) is 12.4. The van der Waals surface area contributed by atoms with Crippen molar-refractivity contribution in [1.29, 1.82) is 0 Å². The smallest absolute Gasteiger partial charge is 0.244 e. The maximum absolute atomic E-state index is 9.47. The average molecular weight is 303 g/mol. The third-order valence-corrected chi connectivity index (χ3v) is 3.72. The van der Waals surface area contributed by atoms with Crippen molar-refractivity contribution < 1.29 is 14.7 Å². The van der Waals surface area contributed by atoms with E-state index >= 15 is 0 Å². The molecule has 6 nitrogen and oxygen atoms in total. The number of aromatic hydroxyl groups is 2. The Morgan fingerprint density at radius 3 is 2.81 bits per heavy atom. The molecule has 21 heavy (non-hydrogen) atoms. The summed E-state index contributed by atoms with van der Waals surface area (Å²) in [5.74, 6) is 0.507. The van der Waals surface area contributed by atoms with Crippen LogP contribution in [0.3, 0.4) is 0 Å². The maximum Gasteiger partial charge on any atom is 0.244 e. The van der Waals surface area contributed by atoms with Crippen LogP contribution in [0.1, 0.15) is 17.5 Å². The summed E-state index contributed by atoms with van der Waals surface area (Å²) < 4.78 is 5.18. The summed E-state index contributed by atoms with van der Waals surface area (Å²) in [6.45, 7) is 0. The number of phenols is 2. The highest BCUT2D eigenvalue weighted by molar-refractivity contribution is 7.08. The van der Waals surface area contributed by atoms with Crippen molar-refractivity contribution in [3.8, 4) is 22.9 Å². The summed E-state index contributed by atoms with van der Waals surface area (Å²) in [7, 11) is 0. The van der Waals surface area contributed by atoms with E-state index < -0.39 is 6.04 Å². The van der Waals surface area contributed by atoms with E-state index in [2.05, 4.69) is 10.1 Å². The molecule has 2 heterocycles. The maximum atomic E-state index is 9.47. The lowest BCUT2D eigenvalue weighted by atomic mass is 10.1. The van der Waals surface area contributed by atoms with Gasteiger partial charge in [0.25, 0.3) is 0 Å². The van der Waals surface area contributed by atoms with Crippen molar-refractivity contribution >= 4 is 11.3 Å². The van der Waals surface area contributed by atoms with Crippen molar-refractivity contribution in [2.24, 2.45) is 5.73 Å². The predicted molar refractivity (Wildman–Crippen MR) is 78.0 cm³/mol. The lowest BCUT2D eigenvalue weighted by Crippen LogP contribution is -2.13. The Hall–Kier alpha value is -2.38. The van der Waals surface area contributed by atoms with Gasteiger partial charge in [-0.25, -0.2) is 0 Å². The minimum absolute atomic E-state index is 0.162. The molecule has 2 aromatic heterocycles. The van der Waals surface area contributed by atoms with Crippen molar-refractivity contribution in [3.63, 3.8) is 0 Å². The summed E-state index contributed by atoms with van der Waals surface area (Å²) in [5, 5.41) is 26.5. The molecule has 3 rings (SSSR count). The van der Waals surface area contributed by atoms with Crippen LogP contribution in [0.2, 0.25) is 0 Å². The molecule has 0 aliphatic rings. The summed E-state index contributed by atoms with van der Waals surface area (Å²) in [6.07, 6.45) is 0.416. The summed E-state index contributed by atoms with van der Waals surface area (Å²) in [4.78, 5) is 4.28. The number of nitrogens with two attached hydrogens (primary N) is 1. The van der Waals surface area contributed by atoms with Gasteiger partial charge < -0.3 is 20.5 Å². The number of nitrogens with zero attached hydrogens (tertiary/aromatic N) is 2. The third-order valence-electron chi connectivity index (χ3n) is 3.03. The fourth-order valence-corrected chi connectivity index (χ4v) is 2.57. The second-order valence-corrected chi connectivity index (χ2v) is 5.38.